The van der Waals surface area contributed by atoms with E-state index in [0.29, 0.717) is 43.3 Å². The zero-order valence-corrected chi connectivity index (χ0v) is 19.1. The molecule has 32 heavy (non-hydrogen) atoms. The van der Waals surface area contributed by atoms with Gasteiger partial charge in [-0.2, -0.15) is 0 Å². The zero-order chi connectivity index (χ0) is 23.0. The van der Waals surface area contributed by atoms with Crippen molar-refractivity contribution in [1.29, 1.82) is 0 Å². The highest BCUT2D eigenvalue weighted by molar-refractivity contribution is 5.88. The molecule has 3 heterocycles. The Morgan fingerprint density at radius 1 is 1.19 bits per heavy atom. The third-order valence-corrected chi connectivity index (χ3v) is 6.65. The fourth-order valence-electron chi connectivity index (χ4n) is 4.78. The van der Waals surface area contributed by atoms with Gasteiger partial charge in [0.1, 0.15) is 11.6 Å². The summed E-state index contributed by atoms with van der Waals surface area (Å²) >= 11 is 0. The Morgan fingerprint density at radius 3 is 2.62 bits per heavy atom. The van der Waals surface area contributed by atoms with Crippen LogP contribution in [-0.4, -0.2) is 51.7 Å². The van der Waals surface area contributed by atoms with E-state index >= 15 is 0 Å². The minimum Gasteiger partial charge on any atom is -0.373 e. The standard InChI is InChI=1S/C24H30FN5O2/c1-15(31)29-13-11-19-16(14-29)21(26-4)28-22(27-19)20-10-7-12-30(20)23(32)24(2,3)17-8-5-6-9-18(17)25/h5-6,8-9,20H,7,10-14H2,1-4H3,(H,26,27,28)/t20-/m0/s1. The molecule has 2 aliphatic rings. The first-order chi connectivity index (χ1) is 15.2. The Balaban J connectivity index is 1.66. The molecular formula is C24H30FN5O2. The average molecular weight is 440 g/mol. The van der Waals surface area contributed by atoms with E-state index in [9.17, 15) is 14.0 Å². The Kier molecular flexibility index (Phi) is 5.88. The number of nitrogens with one attached hydrogen (secondary N) is 1. The lowest BCUT2D eigenvalue weighted by molar-refractivity contribution is -0.137. The van der Waals surface area contributed by atoms with Gasteiger partial charge in [0.2, 0.25) is 11.8 Å². The van der Waals surface area contributed by atoms with Gasteiger partial charge >= 0.3 is 0 Å². The molecule has 1 N–H and O–H groups in total. The summed E-state index contributed by atoms with van der Waals surface area (Å²) in [7, 11) is 1.80. The minimum absolute atomic E-state index is 0.0321. The summed E-state index contributed by atoms with van der Waals surface area (Å²) in [5.41, 5.74) is 1.24. The molecule has 2 aliphatic heterocycles. The first-order valence-corrected chi connectivity index (χ1v) is 11.1. The van der Waals surface area contributed by atoms with Gasteiger partial charge in [0.05, 0.1) is 23.7 Å². The molecule has 0 radical (unpaired) electrons. The number of carbonyl (C=O) groups is 2. The first-order valence-electron chi connectivity index (χ1n) is 11.1. The van der Waals surface area contributed by atoms with Crippen LogP contribution >= 0.6 is 0 Å². The highest BCUT2D eigenvalue weighted by atomic mass is 19.1. The number of anilines is 1. The van der Waals surface area contributed by atoms with Crippen LogP contribution in [0.2, 0.25) is 0 Å². The van der Waals surface area contributed by atoms with E-state index in [1.165, 1.54) is 6.07 Å². The minimum atomic E-state index is -1.00. The third kappa shape index (κ3) is 3.82. The average Bonchev–Trinajstić information content (AvgIpc) is 3.27. The van der Waals surface area contributed by atoms with Crippen LogP contribution in [0.5, 0.6) is 0 Å². The molecule has 8 heteroatoms. The van der Waals surface area contributed by atoms with Gasteiger partial charge in [0.15, 0.2) is 5.82 Å². The normalized spacial score (nSPS) is 18.5. The van der Waals surface area contributed by atoms with Crippen LogP contribution in [-0.2, 0) is 28.0 Å². The van der Waals surface area contributed by atoms with Crippen LogP contribution in [0.25, 0.3) is 0 Å². The largest absolute Gasteiger partial charge is 0.373 e. The van der Waals surface area contributed by atoms with E-state index in [1.54, 1.807) is 55.8 Å². The number of rotatable bonds is 4. The molecule has 2 aromatic rings. The number of nitrogens with zero attached hydrogens (tertiary/aromatic N) is 4. The summed E-state index contributed by atoms with van der Waals surface area (Å²) in [5, 5.41) is 3.14. The summed E-state index contributed by atoms with van der Waals surface area (Å²) in [6, 6.07) is 6.20. The number of halogens is 1. The second-order valence-corrected chi connectivity index (χ2v) is 9.06. The highest BCUT2D eigenvalue weighted by Crippen LogP contribution is 2.37. The maximum absolute atomic E-state index is 14.5. The molecule has 4 rings (SSSR count). The summed E-state index contributed by atoms with van der Waals surface area (Å²) in [5.74, 6) is 0.840. The predicted molar refractivity (Wildman–Crippen MR) is 119 cm³/mol. The second-order valence-electron chi connectivity index (χ2n) is 9.06. The van der Waals surface area contributed by atoms with Crippen molar-refractivity contribution in [3.05, 3.63) is 52.7 Å². The summed E-state index contributed by atoms with van der Waals surface area (Å²) in [6.45, 7) is 6.80. The molecule has 1 aromatic heterocycles. The molecule has 0 saturated carbocycles. The van der Waals surface area contributed by atoms with Gasteiger partial charge in [0.25, 0.3) is 0 Å². The zero-order valence-electron chi connectivity index (χ0n) is 19.1. The van der Waals surface area contributed by atoms with Gasteiger partial charge in [-0.15, -0.1) is 0 Å². The number of fused-ring (bicyclic) bond motifs is 1. The van der Waals surface area contributed by atoms with E-state index in [-0.39, 0.29) is 23.7 Å². The van der Waals surface area contributed by atoms with Crippen LogP contribution in [0.4, 0.5) is 10.2 Å². The van der Waals surface area contributed by atoms with Crippen molar-refractivity contribution in [2.75, 3.05) is 25.5 Å². The number of hydrogen-bond donors (Lipinski definition) is 1. The van der Waals surface area contributed by atoms with Crippen LogP contribution in [0.1, 0.15) is 62.3 Å². The maximum atomic E-state index is 14.5. The van der Waals surface area contributed by atoms with Gasteiger partial charge in [-0.1, -0.05) is 18.2 Å². The van der Waals surface area contributed by atoms with E-state index in [0.717, 1.165) is 24.1 Å². The molecule has 0 unspecified atom stereocenters. The van der Waals surface area contributed by atoms with E-state index in [2.05, 4.69) is 5.32 Å². The summed E-state index contributed by atoms with van der Waals surface area (Å²) in [4.78, 5) is 38.6. The first kappa shape index (κ1) is 22.2. The fraction of sp³-hybridized carbons (Fsp3) is 0.500. The van der Waals surface area contributed by atoms with Crippen molar-refractivity contribution >= 4 is 17.6 Å². The predicted octanol–water partition coefficient (Wildman–Crippen LogP) is 3.20. The van der Waals surface area contributed by atoms with Gasteiger partial charge in [-0.05, 0) is 32.8 Å². The van der Waals surface area contributed by atoms with Crippen molar-refractivity contribution in [1.82, 2.24) is 19.8 Å². The second kappa shape index (κ2) is 8.48. The fourth-order valence-corrected chi connectivity index (χ4v) is 4.78. The molecule has 0 bridgehead atoms. The SMILES string of the molecule is CNc1nc([C@@H]2CCCN2C(=O)C(C)(C)c2ccccc2F)nc2c1CN(C(C)=O)CC2. The van der Waals surface area contributed by atoms with E-state index in [4.69, 9.17) is 9.97 Å². The van der Waals surface area contributed by atoms with Gasteiger partial charge in [-0.25, -0.2) is 14.4 Å². The quantitative estimate of drug-likeness (QED) is 0.792. The van der Waals surface area contributed by atoms with Crippen molar-refractivity contribution in [2.24, 2.45) is 0 Å². The lowest BCUT2D eigenvalue weighted by Crippen LogP contribution is -2.44. The number of hydrogen-bond acceptors (Lipinski definition) is 5. The van der Waals surface area contributed by atoms with Crippen LogP contribution in [0, 0.1) is 5.82 Å². The Labute approximate surface area is 188 Å². The van der Waals surface area contributed by atoms with Gasteiger partial charge < -0.3 is 15.1 Å². The van der Waals surface area contributed by atoms with E-state index in [1.807, 2.05) is 0 Å². The molecule has 1 aromatic carbocycles. The van der Waals surface area contributed by atoms with Crippen LogP contribution in [0.15, 0.2) is 24.3 Å². The molecular weight excluding hydrogens is 409 g/mol. The van der Waals surface area contributed by atoms with Crippen molar-refractivity contribution in [3.63, 3.8) is 0 Å². The van der Waals surface area contributed by atoms with Gasteiger partial charge in [0, 0.05) is 44.6 Å². The Morgan fingerprint density at radius 2 is 1.94 bits per heavy atom. The lowest BCUT2D eigenvalue weighted by atomic mass is 9.82. The van der Waals surface area contributed by atoms with Crippen molar-refractivity contribution < 1.29 is 14.0 Å². The Hall–Kier alpha value is -3.03. The molecule has 1 fully saturated rings. The molecule has 0 spiro atoms. The molecule has 7 nitrogen and oxygen atoms in total. The van der Waals surface area contributed by atoms with E-state index < -0.39 is 5.41 Å². The van der Waals surface area contributed by atoms with Crippen molar-refractivity contribution in [2.45, 2.75) is 58.0 Å². The van der Waals surface area contributed by atoms with Crippen LogP contribution < -0.4 is 5.32 Å². The monoisotopic (exact) mass is 439 g/mol. The number of amides is 2. The highest BCUT2D eigenvalue weighted by Gasteiger charge is 2.42. The number of likely N-dealkylation sites (tertiary alicyclic amines) is 1. The molecule has 1 saturated heterocycles. The summed E-state index contributed by atoms with van der Waals surface area (Å²) in [6.07, 6.45) is 2.26. The number of benzene rings is 1. The maximum Gasteiger partial charge on any atom is 0.233 e. The molecule has 1 atom stereocenters. The smallest absolute Gasteiger partial charge is 0.233 e. The lowest BCUT2D eigenvalue weighted by Gasteiger charge is -2.34. The summed E-state index contributed by atoms with van der Waals surface area (Å²) < 4.78 is 14.5. The molecule has 2 amide bonds. The molecule has 170 valence electrons. The van der Waals surface area contributed by atoms with Crippen molar-refractivity contribution in [3.8, 4) is 0 Å². The molecule has 0 aliphatic carbocycles. The number of carbonyl (C=O) groups excluding carboxylic acids is 2. The topological polar surface area (TPSA) is 78.4 Å². The third-order valence-electron chi connectivity index (χ3n) is 6.65. The van der Waals surface area contributed by atoms with Gasteiger partial charge in [-0.3, -0.25) is 9.59 Å². The Bertz CT molecular complexity index is 1040. The van der Waals surface area contributed by atoms with Crippen LogP contribution in [0.3, 0.4) is 0 Å². The number of aromatic nitrogens is 2.